The Kier molecular flexibility index (Phi) is 11.8. The minimum Gasteiger partial charge on any atom is -0.491 e. The Morgan fingerprint density at radius 2 is 2.08 bits per heavy atom. The molecule has 0 radical (unpaired) electrons. The molecule has 0 bridgehead atoms. The van der Waals surface area contributed by atoms with Gasteiger partial charge in [-0.2, -0.15) is 0 Å². The molecule has 1 unspecified atom stereocenters. The van der Waals surface area contributed by atoms with Crippen LogP contribution in [0.5, 0.6) is 5.75 Å². The van der Waals surface area contributed by atoms with Crippen LogP contribution in [-0.2, 0) is 0 Å². The van der Waals surface area contributed by atoms with Crippen LogP contribution < -0.4 is 15.4 Å². The fourth-order valence-electron chi connectivity index (χ4n) is 2.55. The van der Waals surface area contributed by atoms with Gasteiger partial charge in [0.25, 0.3) is 5.91 Å². The van der Waals surface area contributed by atoms with E-state index in [-0.39, 0.29) is 30.7 Å². The summed E-state index contributed by atoms with van der Waals surface area (Å²) in [5.74, 6) is 1.13. The van der Waals surface area contributed by atoms with Gasteiger partial charge in [0, 0.05) is 13.1 Å². The van der Waals surface area contributed by atoms with E-state index >= 15 is 0 Å². The molecule has 1 aliphatic heterocycles. The summed E-state index contributed by atoms with van der Waals surface area (Å²) in [6.07, 6.45) is 2.36. The van der Waals surface area contributed by atoms with E-state index in [0.717, 1.165) is 26.2 Å². The molecule has 1 aromatic rings. The van der Waals surface area contributed by atoms with Gasteiger partial charge in [-0.1, -0.05) is 12.1 Å². The van der Waals surface area contributed by atoms with Gasteiger partial charge in [0.2, 0.25) is 0 Å². The number of hydrogen-bond acceptors (Lipinski definition) is 4. The quantitative estimate of drug-likeness (QED) is 0.764. The first-order valence-corrected chi connectivity index (χ1v) is 8.02. The van der Waals surface area contributed by atoms with Crippen molar-refractivity contribution in [3.8, 4) is 5.75 Å². The highest BCUT2D eigenvalue weighted by Gasteiger charge is 2.16. The molecule has 1 atom stereocenters. The van der Waals surface area contributed by atoms with Crippen LogP contribution in [0.2, 0.25) is 0 Å². The minimum absolute atomic E-state index is 0. The highest BCUT2D eigenvalue weighted by atomic mass is 35.5. The molecule has 1 amide bonds. The number of nitrogens with one attached hydrogen (secondary N) is 2. The van der Waals surface area contributed by atoms with Crippen LogP contribution in [0.4, 0.5) is 0 Å². The fourth-order valence-corrected chi connectivity index (χ4v) is 2.55. The Balaban J connectivity index is 0.00000264. The lowest BCUT2D eigenvalue weighted by atomic mass is 9.99. The molecule has 0 spiro atoms. The minimum atomic E-state index is -0.0500. The lowest BCUT2D eigenvalue weighted by Gasteiger charge is -2.23. The monoisotopic (exact) mass is 377 g/mol. The van der Waals surface area contributed by atoms with Crippen molar-refractivity contribution in [3.63, 3.8) is 0 Å². The van der Waals surface area contributed by atoms with E-state index in [1.54, 1.807) is 0 Å². The molecule has 7 heteroatoms. The molecule has 2 rings (SSSR count). The van der Waals surface area contributed by atoms with E-state index in [4.69, 9.17) is 4.74 Å². The van der Waals surface area contributed by atoms with Crippen molar-refractivity contribution < 1.29 is 9.53 Å². The number of piperidine rings is 1. The zero-order valence-electron chi connectivity index (χ0n) is 14.4. The molecular weight excluding hydrogens is 349 g/mol. The second-order valence-corrected chi connectivity index (χ2v) is 6.07. The molecule has 1 fully saturated rings. The molecule has 0 aliphatic carbocycles. The van der Waals surface area contributed by atoms with Crippen LogP contribution in [0, 0.1) is 5.92 Å². The van der Waals surface area contributed by atoms with Gasteiger partial charge in [-0.25, -0.2) is 0 Å². The zero-order chi connectivity index (χ0) is 15.8. The Labute approximate surface area is 157 Å². The van der Waals surface area contributed by atoms with Gasteiger partial charge >= 0.3 is 0 Å². The van der Waals surface area contributed by atoms with E-state index in [9.17, 15) is 4.79 Å². The summed E-state index contributed by atoms with van der Waals surface area (Å²) in [5.41, 5.74) is 0.616. The van der Waals surface area contributed by atoms with Crippen molar-refractivity contribution in [1.82, 2.24) is 15.5 Å². The third kappa shape index (κ3) is 7.71. The summed E-state index contributed by atoms with van der Waals surface area (Å²) in [5, 5.41) is 6.41. The number of amides is 1. The molecule has 1 aromatic carbocycles. The van der Waals surface area contributed by atoms with Gasteiger partial charge < -0.3 is 20.3 Å². The second kappa shape index (κ2) is 12.4. The summed E-state index contributed by atoms with van der Waals surface area (Å²) in [6, 6.07) is 7.44. The molecule has 138 valence electrons. The van der Waals surface area contributed by atoms with Crippen LogP contribution >= 0.6 is 24.8 Å². The van der Waals surface area contributed by atoms with Gasteiger partial charge in [0.1, 0.15) is 12.4 Å². The van der Waals surface area contributed by atoms with Gasteiger partial charge in [0.05, 0.1) is 5.56 Å². The molecule has 24 heavy (non-hydrogen) atoms. The Morgan fingerprint density at radius 3 is 2.75 bits per heavy atom. The van der Waals surface area contributed by atoms with Gasteiger partial charge in [-0.15, -0.1) is 24.8 Å². The van der Waals surface area contributed by atoms with Crippen LogP contribution in [0.15, 0.2) is 24.3 Å². The topological polar surface area (TPSA) is 53.6 Å². The van der Waals surface area contributed by atoms with E-state index in [0.29, 0.717) is 23.8 Å². The lowest BCUT2D eigenvalue weighted by molar-refractivity contribution is 0.0940. The average molecular weight is 378 g/mol. The maximum atomic E-state index is 12.4. The molecule has 1 heterocycles. The number of benzene rings is 1. The summed E-state index contributed by atoms with van der Waals surface area (Å²) in [7, 11) is 4.00. The predicted molar refractivity (Wildman–Crippen MR) is 103 cm³/mol. The van der Waals surface area contributed by atoms with Crippen LogP contribution in [0.25, 0.3) is 0 Å². The molecule has 0 saturated carbocycles. The summed E-state index contributed by atoms with van der Waals surface area (Å²) < 4.78 is 5.75. The first kappa shape index (κ1) is 23.0. The fraction of sp³-hybridized carbons (Fsp3) is 0.588. The van der Waals surface area contributed by atoms with Crippen molar-refractivity contribution in [2.75, 3.05) is 46.9 Å². The molecule has 2 N–H and O–H groups in total. The predicted octanol–water partition coefficient (Wildman–Crippen LogP) is 2.20. The average Bonchev–Trinajstić information content (AvgIpc) is 2.54. The van der Waals surface area contributed by atoms with Gasteiger partial charge in [-0.05, 0) is 58.1 Å². The molecule has 0 aromatic heterocycles. The van der Waals surface area contributed by atoms with Gasteiger partial charge in [0.15, 0.2) is 0 Å². The van der Waals surface area contributed by atoms with E-state index in [2.05, 4.69) is 15.5 Å². The summed E-state index contributed by atoms with van der Waals surface area (Å²) in [4.78, 5) is 14.4. The maximum Gasteiger partial charge on any atom is 0.255 e. The number of halogens is 2. The number of rotatable bonds is 7. The van der Waals surface area contributed by atoms with E-state index in [1.807, 2.05) is 38.4 Å². The third-order valence-electron chi connectivity index (χ3n) is 3.88. The molecular formula is C17H29Cl2N3O2. The molecule has 1 saturated heterocycles. The largest absolute Gasteiger partial charge is 0.491 e. The van der Waals surface area contributed by atoms with Crippen LogP contribution in [0.3, 0.4) is 0 Å². The zero-order valence-corrected chi connectivity index (χ0v) is 16.0. The molecule has 5 nitrogen and oxygen atoms in total. The first-order valence-electron chi connectivity index (χ1n) is 8.02. The molecule has 1 aliphatic rings. The van der Waals surface area contributed by atoms with Crippen molar-refractivity contribution in [2.24, 2.45) is 5.92 Å². The van der Waals surface area contributed by atoms with Crippen LogP contribution in [0.1, 0.15) is 23.2 Å². The Bertz CT molecular complexity index is 481. The number of carbonyl (C=O) groups is 1. The van der Waals surface area contributed by atoms with Crippen molar-refractivity contribution in [1.29, 1.82) is 0 Å². The second-order valence-electron chi connectivity index (χ2n) is 6.07. The SMILES string of the molecule is CN(C)CCOc1ccccc1C(=O)NCC1CCCNC1.Cl.Cl. The number of hydrogen-bond donors (Lipinski definition) is 2. The van der Waals surface area contributed by atoms with Crippen LogP contribution in [-0.4, -0.2) is 57.7 Å². The highest BCUT2D eigenvalue weighted by molar-refractivity contribution is 5.96. The van der Waals surface area contributed by atoms with Gasteiger partial charge in [-0.3, -0.25) is 4.79 Å². The number of para-hydroxylation sites is 1. The van der Waals surface area contributed by atoms with Crippen molar-refractivity contribution in [2.45, 2.75) is 12.8 Å². The van der Waals surface area contributed by atoms with Crippen molar-refractivity contribution in [3.05, 3.63) is 29.8 Å². The summed E-state index contributed by atoms with van der Waals surface area (Å²) in [6.45, 7) is 4.19. The number of nitrogens with zero attached hydrogens (tertiary/aromatic N) is 1. The number of likely N-dealkylation sites (N-methyl/N-ethyl adjacent to an activating group) is 1. The van der Waals surface area contributed by atoms with E-state index < -0.39 is 0 Å². The summed E-state index contributed by atoms with van der Waals surface area (Å²) >= 11 is 0. The lowest BCUT2D eigenvalue weighted by Crippen LogP contribution is -2.38. The van der Waals surface area contributed by atoms with Crippen molar-refractivity contribution >= 4 is 30.7 Å². The first-order chi connectivity index (χ1) is 10.7. The Morgan fingerprint density at radius 1 is 1.33 bits per heavy atom. The smallest absolute Gasteiger partial charge is 0.255 e. The third-order valence-corrected chi connectivity index (χ3v) is 3.88. The number of carbonyl (C=O) groups excluding carboxylic acids is 1. The Hall–Kier alpha value is -1.01. The standard InChI is InChI=1S/C17H27N3O2.2ClH/c1-20(2)10-11-22-16-8-4-3-7-15(16)17(21)19-13-14-6-5-9-18-12-14;;/h3-4,7-8,14,18H,5-6,9-13H2,1-2H3,(H,19,21);2*1H. The highest BCUT2D eigenvalue weighted by Crippen LogP contribution is 2.18. The normalized spacial score (nSPS) is 16.7. The van der Waals surface area contributed by atoms with E-state index in [1.165, 1.54) is 12.8 Å². The number of ether oxygens (including phenoxy) is 1. The maximum absolute atomic E-state index is 12.4.